The minimum Gasteiger partial charge on any atom is -0.407 e. The van der Waals surface area contributed by atoms with Crippen LogP contribution >= 0.6 is 19.6 Å². The Morgan fingerprint density at radius 2 is 1.92 bits per heavy atom. The van der Waals surface area contributed by atoms with Crippen molar-refractivity contribution in [1.29, 1.82) is 0 Å². The number of phosphoric ester groups is 1. The third kappa shape index (κ3) is 4.46. The maximum absolute atomic E-state index is 12.9. The summed E-state index contributed by atoms with van der Waals surface area (Å²) in [6.45, 7) is 7.76. The van der Waals surface area contributed by atoms with Crippen LogP contribution in [-0.2, 0) is 22.9 Å². The Bertz CT molecular complexity index is 523. The van der Waals surface area contributed by atoms with Crippen molar-refractivity contribution in [2.24, 2.45) is 11.8 Å². The number of rotatable bonds is 9. The molecule has 0 aromatic heterocycles. The lowest BCUT2D eigenvalue weighted by Crippen LogP contribution is -2.34. The van der Waals surface area contributed by atoms with Crippen molar-refractivity contribution in [3.05, 3.63) is 11.3 Å². The van der Waals surface area contributed by atoms with E-state index in [9.17, 15) is 9.36 Å². The zero-order valence-electron chi connectivity index (χ0n) is 15.1. The molecule has 0 aromatic rings. The molecule has 3 atom stereocenters. The van der Waals surface area contributed by atoms with Gasteiger partial charge in [0.25, 0.3) is 0 Å². The lowest BCUT2D eigenvalue weighted by molar-refractivity contribution is -0.121. The molecule has 0 aromatic carbocycles. The lowest BCUT2D eigenvalue weighted by Gasteiger charge is -2.36. The summed E-state index contributed by atoms with van der Waals surface area (Å²) in [5, 5.41) is -0.0916. The van der Waals surface area contributed by atoms with Crippen LogP contribution < -0.4 is 0 Å². The normalized spacial score (nSPS) is 27.2. The van der Waals surface area contributed by atoms with E-state index in [-0.39, 0.29) is 30.2 Å². The molecule has 7 heteroatoms. The molecule has 138 valence electrons. The number of Topliss-reactive ketones (excluding diaryl/α,β-unsaturated/α-hetero) is 1. The molecule has 0 amide bonds. The summed E-state index contributed by atoms with van der Waals surface area (Å²) in [7, 11) is -3.64. The van der Waals surface area contributed by atoms with Gasteiger partial charge in [-0.05, 0) is 63.7 Å². The average Bonchev–Trinajstić information content (AvgIpc) is 2.98. The highest BCUT2D eigenvalue weighted by Gasteiger charge is 2.44. The van der Waals surface area contributed by atoms with E-state index < -0.39 is 7.82 Å². The van der Waals surface area contributed by atoms with Gasteiger partial charge in [0.1, 0.15) is 11.5 Å². The van der Waals surface area contributed by atoms with Crippen molar-refractivity contribution in [3.8, 4) is 0 Å². The summed E-state index contributed by atoms with van der Waals surface area (Å²) in [4.78, 5) is 12.2. The molecule has 0 heterocycles. The van der Waals surface area contributed by atoms with E-state index in [1.807, 2.05) is 0 Å². The van der Waals surface area contributed by atoms with Gasteiger partial charge in [0.05, 0.1) is 18.5 Å². The highest BCUT2D eigenvalue weighted by atomic mass is 32.2. The smallest absolute Gasteiger partial charge is 0.407 e. The van der Waals surface area contributed by atoms with Gasteiger partial charge in [-0.25, -0.2) is 4.57 Å². The van der Waals surface area contributed by atoms with Gasteiger partial charge in [-0.3, -0.25) is 13.8 Å². The molecule has 1 fully saturated rings. The molecule has 0 saturated heterocycles. The molecule has 2 aliphatic carbocycles. The number of ketones is 1. The second kappa shape index (κ2) is 8.88. The minimum atomic E-state index is -3.64. The minimum absolute atomic E-state index is 0.0893. The topological polar surface area (TPSA) is 61.8 Å². The third-order valence-corrected chi connectivity index (χ3v) is 7.43. The highest BCUT2D eigenvalue weighted by Crippen LogP contribution is 2.57. The Labute approximate surface area is 149 Å². The summed E-state index contributed by atoms with van der Waals surface area (Å²) in [6.07, 6.45) is 3.99. The Kier molecular flexibility index (Phi) is 7.41. The van der Waals surface area contributed by atoms with Crippen LogP contribution in [-0.4, -0.2) is 30.0 Å². The fourth-order valence-corrected chi connectivity index (χ4v) is 6.29. The second-order valence-corrected chi connectivity index (χ2v) is 9.19. The molecule has 1 saturated carbocycles. The van der Waals surface area contributed by atoms with Gasteiger partial charge in [-0.1, -0.05) is 6.92 Å². The molecule has 0 radical (unpaired) electrons. The summed E-state index contributed by atoms with van der Waals surface area (Å²) < 4.78 is 29.5. The SMILES string of the molecule is CCOP(=O)(OCC)OC1=C2CCC[C@@H]2C[C@H](C(C)=O)[C@@H]1SCC. The number of phosphoric acid groups is 1. The summed E-state index contributed by atoms with van der Waals surface area (Å²) in [5.74, 6) is 2.01. The number of carbonyl (C=O) groups excluding carboxylic acids is 1. The fourth-order valence-electron chi connectivity index (χ4n) is 3.69. The number of hydrogen-bond acceptors (Lipinski definition) is 6. The van der Waals surface area contributed by atoms with Crippen molar-refractivity contribution in [3.63, 3.8) is 0 Å². The number of hydrogen-bond donors (Lipinski definition) is 0. The summed E-state index contributed by atoms with van der Waals surface area (Å²) >= 11 is 1.69. The second-order valence-electron chi connectivity index (χ2n) is 6.18. The lowest BCUT2D eigenvalue weighted by atomic mass is 9.79. The van der Waals surface area contributed by atoms with Crippen molar-refractivity contribution in [1.82, 2.24) is 0 Å². The van der Waals surface area contributed by atoms with Crippen LogP contribution in [0.15, 0.2) is 11.3 Å². The maximum Gasteiger partial charge on any atom is 0.529 e. The van der Waals surface area contributed by atoms with Crippen LogP contribution in [0.2, 0.25) is 0 Å². The van der Waals surface area contributed by atoms with Crippen molar-refractivity contribution < 1.29 is 22.9 Å². The monoisotopic (exact) mass is 376 g/mol. The van der Waals surface area contributed by atoms with Gasteiger partial charge in [0.2, 0.25) is 0 Å². The van der Waals surface area contributed by atoms with Crippen molar-refractivity contribution >= 4 is 25.4 Å². The summed E-state index contributed by atoms with van der Waals surface area (Å²) in [6, 6.07) is 0. The number of allylic oxidation sites excluding steroid dienone is 1. The van der Waals surface area contributed by atoms with E-state index in [4.69, 9.17) is 13.6 Å². The van der Waals surface area contributed by atoms with Crippen LogP contribution in [0.1, 0.15) is 53.4 Å². The van der Waals surface area contributed by atoms with Crippen LogP contribution in [0.5, 0.6) is 0 Å². The molecule has 5 nitrogen and oxygen atoms in total. The fraction of sp³-hybridized carbons (Fsp3) is 0.824. The van der Waals surface area contributed by atoms with Gasteiger partial charge >= 0.3 is 7.82 Å². The number of thioether (sulfide) groups is 1. The van der Waals surface area contributed by atoms with Crippen LogP contribution in [0.25, 0.3) is 0 Å². The van der Waals surface area contributed by atoms with E-state index in [1.165, 1.54) is 5.57 Å². The highest BCUT2D eigenvalue weighted by molar-refractivity contribution is 8.00. The molecule has 0 bridgehead atoms. The van der Waals surface area contributed by atoms with Gasteiger partial charge in [0, 0.05) is 5.92 Å². The van der Waals surface area contributed by atoms with E-state index in [1.54, 1.807) is 32.5 Å². The molecular weight excluding hydrogens is 347 g/mol. The van der Waals surface area contributed by atoms with Gasteiger partial charge in [-0.2, -0.15) is 0 Å². The molecule has 2 rings (SSSR count). The van der Waals surface area contributed by atoms with Gasteiger partial charge in [-0.15, -0.1) is 11.8 Å². The zero-order chi connectivity index (χ0) is 17.7. The van der Waals surface area contributed by atoms with Crippen molar-refractivity contribution in [2.45, 2.75) is 58.6 Å². The van der Waals surface area contributed by atoms with E-state index in [0.717, 1.165) is 31.4 Å². The number of fused-ring (bicyclic) bond motifs is 1. The Morgan fingerprint density at radius 3 is 2.46 bits per heavy atom. The first kappa shape index (κ1) is 20.0. The zero-order valence-corrected chi connectivity index (χ0v) is 16.8. The first-order valence-electron chi connectivity index (χ1n) is 8.89. The molecule has 0 spiro atoms. The first-order valence-corrected chi connectivity index (χ1v) is 11.4. The maximum atomic E-state index is 12.9. The molecule has 0 N–H and O–H groups in total. The van der Waals surface area contributed by atoms with Crippen LogP contribution in [0.4, 0.5) is 0 Å². The van der Waals surface area contributed by atoms with Gasteiger partial charge in [0.15, 0.2) is 0 Å². The third-order valence-electron chi connectivity index (χ3n) is 4.62. The predicted molar refractivity (Wildman–Crippen MR) is 97.0 cm³/mol. The van der Waals surface area contributed by atoms with Crippen LogP contribution in [0.3, 0.4) is 0 Å². The summed E-state index contributed by atoms with van der Waals surface area (Å²) in [5.41, 5.74) is 1.22. The largest absolute Gasteiger partial charge is 0.529 e. The first-order chi connectivity index (χ1) is 11.5. The quantitative estimate of drug-likeness (QED) is 0.530. The van der Waals surface area contributed by atoms with Crippen LogP contribution in [0, 0.1) is 11.8 Å². The van der Waals surface area contributed by atoms with Gasteiger partial charge < -0.3 is 4.52 Å². The molecule has 0 unspecified atom stereocenters. The average molecular weight is 376 g/mol. The molecule has 24 heavy (non-hydrogen) atoms. The predicted octanol–water partition coefficient (Wildman–Crippen LogP) is 4.97. The Morgan fingerprint density at radius 1 is 1.25 bits per heavy atom. The van der Waals surface area contributed by atoms with E-state index in [2.05, 4.69) is 6.92 Å². The Balaban J connectivity index is 2.39. The van der Waals surface area contributed by atoms with Crippen molar-refractivity contribution in [2.75, 3.05) is 19.0 Å². The molecule has 0 aliphatic heterocycles. The van der Waals surface area contributed by atoms with E-state index in [0.29, 0.717) is 11.7 Å². The Hall–Kier alpha value is -0.290. The molecular formula is C17H29O5PS. The molecule has 2 aliphatic rings. The van der Waals surface area contributed by atoms with E-state index >= 15 is 0 Å². The standard InChI is InChI=1S/C17H29O5PS/c1-5-20-23(19,21-6-2)22-16-14-10-8-9-13(14)11-15(12(4)18)17(16)24-7-3/h13,15,17H,5-11H2,1-4H3/t13-,15-,17+/m1/s1. The number of carbonyl (C=O) groups is 1.